The second-order valence-corrected chi connectivity index (χ2v) is 3.10. The van der Waals surface area contributed by atoms with Gasteiger partial charge in [-0.3, -0.25) is 0 Å². The van der Waals surface area contributed by atoms with Gasteiger partial charge in [-0.05, 0) is 0 Å². The van der Waals surface area contributed by atoms with E-state index in [1.165, 1.54) is 6.07 Å². The Labute approximate surface area is 82.2 Å². The first-order chi connectivity index (χ1) is 6.81. The van der Waals surface area contributed by atoms with Crippen molar-refractivity contribution in [3.05, 3.63) is 48.0 Å². The van der Waals surface area contributed by atoms with E-state index < -0.39 is 0 Å². The van der Waals surface area contributed by atoms with Gasteiger partial charge in [0.05, 0.1) is 0 Å². The van der Waals surface area contributed by atoms with E-state index in [-0.39, 0.29) is 5.82 Å². The van der Waals surface area contributed by atoms with Crippen LogP contribution in [0, 0.1) is 5.82 Å². The molecule has 0 aliphatic rings. The second-order valence-electron chi connectivity index (χ2n) is 3.10. The first-order valence-corrected chi connectivity index (χ1v) is 4.65. The monoisotopic (exact) mass is 190 g/mol. The Balaban J connectivity index is 2.43. The Morgan fingerprint density at radius 1 is 1.21 bits per heavy atom. The predicted octanol–water partition coefficient (Wildman–Crippen LogP) is 3.65. The van der Waals surface area contributed by atoms with Crippen LogP contribution in [0.1, 0.15) is 12.7 Å². The van der Waals surface area contributed by atoms with E-state index >= 15 is 0 Å². The molecule has 0 atom stereocenters. The zero-order valence-corrected chi connectivity index (χ0v) is 7.96. The van der Waals surface area contributed by atoms with Gasteiger partial charge in [0.1, 0.15) is 11.5 Å². The summed E-state index contributed by atoms with van der Waals surface area (Å²) in [5, 5.41) is 0. The molecule has 0 amide bonds. The Kier molecular flexibility index (Phi) is 2.35. The Bertz CT molecular complexity index is 417. The van der Waals surface area contributed by atoms with Gasteiger partial charge in [-0.2, -0.15) is 0 Å². The van der Waals surface area contributed by atoms with Crippen molar-refractivity contribution in [1.29, 1.82) is 0 Å². The normalized spacial score (nSPS) is 10.4. The minimum absolute atomic E-state index is 0.258. The van der Waals surface area contributed by atoms with Crippen LogP contribution in [0.25, 0.3) is 11.3 Å². The minimum atomic E-state index is -0.258. The fourth-order valence-corrected chi connectivity index (χ4v) is 1.39. The zero-order chi connectivity index (χ0) is 9.97. The number of hydrogen-bond acceptors (Lipinski definition) is 1. The van der Waals surface area contributed by atoms with Crippen LogP contribution in [0.15, 0.2) is 40.8 Å². The summed E-state index contributed by atoms with van der Waals surface area (Å²) < 4.78 is 18.6. The Morgan fingerprint density at radius 3 is 2.50 bits per heavy atom. The number of furan rings is 1. The minimum Gasteiger partial charge on any atom is -0.458 e. The average Bonchev–Trinajstić information content (AvgIpc) is 2.61. The van der Waals surface area contributed by atoms with Crippen LogP contribution in [0.2, 0.25) is 0 Å². The molecule has 0 saturated heterocycles. The van der Waals surface area contributed by atoms with Gasteiger partial charge in [0.15, 0.2) is 5.82 Å². The fraction of sp³-hybridized carbons (Fsp3) is 0.167. The highest BCUT2D eigenvalue weighted by Crippen LogP contribution is 2.24. The van der Waals surface area contributed by atoms with Crippen LogP contribution in [0.5, 0.6) is 0 Å². The second kappa shape index (κ2) is 3.66. The lowest BCUT2D eigenvalue weighted by atomic mass is 10.2. The van der Waals surface area contributed by atoms with Gasteiger partial charge in [0, 0.05) is 18.1 Å². The molecule has 2 heteroatoms. The molecule has 0 fully saturated rings. The molecule has 0 saturated carbocycles. The van der Waals surface area contributed by atoms with E-state index in [4.69, 9.17) is 4.42 Å². The van der Waals surface area contributed by atoms with Crippen molar-refractivity contribution >= 4 is 0 Å². The molecule has 0 unspecified atom stereocenters. The lowest BCUT2D eigenvalue weighted by molar-refractivity contribution is 0.488. The highest BCUT2D eigenvalue weighted by Gasteiger charge is 2.09. The molecule has 72 valence electrons. The van der Waals surface area contributed by atoms with Crippen LogP contribution in [-0.2, 0) is 6.42 Å². The summed E-state index contributed by atoms with van der Waals surface area (Å²) in [5.74, 6) is 0.759. The quantitative estimate of drug-likeness (QED) is 0.704. The number of rotatable bonds is 2. The maximum absolute atomic E-state index is 13.2. The van der Waals surface area contributed by atoms with Crippen molar-refractivity contribution in [2.45, 2.75) is 13.3 Å². The van der Waals surface area contributed by atoms with E-state index in [0.29, 0.717) is 17.9 Å². The van der Waals surface area contributed by atoms with Crippen molar-refractivity contribution in [2.75, 3.05) is 0 Å². The molecule has 1 heterocycles. The van der Waals surface area contributed by atoms with E-state index in [1.807, 2.05) is 37.3 Å². The summed E-state index contributed by atoms with van der Waals surface area (Å²) >= 11 is 0. The molecule has 1 aromatic carbocycles. The van der Waals surface area contributed by atoms with Gasteiger partial charge >= 0.3 is 0 Å². The smallest absolute Gasteiger partial charge is 0.165 e. The van der Waals surface area contributed by atoms with Crippen molar-refractivity contribution in [3.8, 4) is 11.3 Å². The fourth-order valence-electron chi connectivity index (χ4n) is 1.39. The van der Waals surface area contributed by atoms with Crippen LogP contribution < -0.4 is 0 Å². The van der Waals surface area contributed by atoms with E-state index in [9.17, 15) is 4.39 Å². The molecule has 0 radical (unpaired) electrons. The highest BCUT2D eigenvalue weighted by molar-refractivity contribution is 5.57. The van der Waals surface area contributed by atoms with Gasteiger partial charge in [0.25, 0.3) is 0 Å². The Morgan fingerprint density at radius 2 is 1.93 bits per heavy atom. The van der Waals surface area contributed by atoms with Crippen LogP contribution >= 0.6 is 0 Å². The maximum Gasteiger partial charge on any atom is 0.165 e. The third-order valence-corrected chi connectivity index (χ3v) is 2.14. The van der Waals surface area contributed by atoms with Crippen LogP contribution in [0.3, 0.4) is 0 Å². The number of aryl methyl sites for hydroxylation is 1. The molecular formula is C12H11FO. The lowest BCUT2D eigenvalue weighted by Crippen LogP contribution is -1.76. The first kappa shape index (κ1) is 9.00. The third-order valence-electron chi connectivity index (χ3n) is 2.14. The van der Waals surface area contributed by atoms with Crippen molar-refractivity contribution in [3.63, 3.8) is 0 Å². The summed E-state index contributed by atoms with van der Waals surface area (Å²) in [5.41, 5.74) is 0.908. The maximum atomic E-state index is 13.2. The summed E-state index contributed by atoms with van der Waals surface area (Å²) in [6.07, 6.45) is 0.582. The summed E-state index contributed by atoms with van der Waals surface area (Å²) in [4.78, 5) is 0. The standard InChI is InChI=1S/C12H11FO/c1-2-11-10(13)8-12(14-11)9-6-4-3-5-7-9/h3-8H,2H2,1H3. The van der Waals surface area contributed by atoms with E-state index in [0.717, 1.165) is 5.56 Å². The topological polar surface area (TPSA) is 13.1 Å². The average molecular weight is 190 g/mol. The molecule has 1 aromatic heterocycles. The SMILES string of the molecule is CCc1oc(-c2ccccc2)cc1F. The van der Waals surface area contributed by atoms with Crippen LogP contribution in [-0.4, -0.2) is 0 Å². The molecule has 0 bridgehead atoms. The van der Waals surface area contributed by atoms with E-state index in [2.05, 4.69) is 0 Å². The molecule has 0 aliphatic carbocycles. The molecule has 1 nitrogen and oxygen atoms in total. The van der Waals surface area contributed by atoms with Gasteiger partial charge < -0.3 is 4.42 Å². The van der Waals surface area contributed by atoms with Gasteiger partial charge in [-0.15, -0.1) is 0 Å². The van der Waals surface area contributed by atoms with Crippen molar-refractivity contribution < 1.29 is 8.81 Å². The van der Waals surface area contributed by atoms with Crippen molar-refractivity contribution in [1.82, 2.24) is 0 Å². The third kappa shape index (κ3) is 1.55. The van der Waals surface area contributed by atoms with Gasteiger partial charge in [0.2, 0.25) is 0 Å². The molecule has 0 N–H and O–H groups in total. The highest BCUT2D eigenvalue weighted by atomic mass is 19.1. The number of halogens is 1. The van der Waals surface area contributed by atoms with Gasteiger partial charge in [-0.25, -0.2) is 4.39 Å². The largest absolute Gasteiger partial charge is 0.458 e. The predicted molar refractivity (Wildman–Crippen MR) is 53.5 cm³/mol. The first-order valence-electron chi connectivity index (χ1n) is 4.65. The Hall–Kier alpha value is -1.57. The van der Waals surface area contributed by atoms with Crippen molar-refractivity contribution in [2.24, 2.45) is 0 Å². The molecular weight excluding hydrogens is 179 g/mol. The molecule has 2 rings (SSSR count). The molecule has 0 spiro atoms. The number of hydrogen-bond donors (Lipinski definition) is 0. The van der Waals surface area contributed by atoms with Crippen LogP contribution in [0.4, 0.5) is 4.39 Å². The number of benzene rings is 1. The zero-order valence-electron chi connectivity index (χ0n) is 7.96. The molecule has 14 heavy (non-hydrogen) atoms. The lowest BCUT2D eigenvalue weighted by Gasteiger charge is -1.94. The molecule has 0 aliphatic heterocycles. The summed E-state index contributed by atoms with van der Waals surface area (Å²) in [6.45, 7) is 1.87. The summed E-state index contributed by atoms with van der Waals surface area (Å²) in [6, 6.07) is 11.0. The van der Waals surface area contributed by atoms with Gasteiger partial charge in [-0.1, -0.05) is 37.3 Å². The van der Waals surface area contributed by atoms with E-state index in [1.54, 1.807) is 0 Å². The summed E-state index contributed by atoms with van der Waals surface area (Å²) in [7, 11) is 0. The molecule has 2 aromatic rings.